The maximum atomic E-state index is 14.2. The van der Waals surface area contributed by atoms with Crippen LogP contribution in [0.1, 0.15) is 98.7 Å². The maximum absolute atomic E-state index is 14.2. The first-order valence-corrected chi connectivity index (χ1v) is 12.8. The number of carbonyl (C=O) groups is 3. The second-order valence-electron chi connectivity index (χ2n) is 11.1. The SMILES string of the molecule is CCCCNC(=O)C(c1ccccc1C)N(C(=O)C(NC(=O)OC(C)(C)C)C(C)C)C(C)(C)CC. The Morgan fingerprint density at radius 1 is 1.03 bits per heavy atom. The molecule has 2 N–H and O–H groups in total. The zero-order valence-electron chi connectivity index (χ0n) is 23.5. The standard InChI is InChI=1S/C28H47N3O4/c1-11-13-18-29-24(32)23(21-17-15-14-16-20(21)5)31(28(9,10)12-2)25(33)22(19(3)4)30-26(34)35-27(6,7)8/h14-17,19,22-23H,11-13,18H2,1-10H3,(H,29,32)(H,30,34). The van der Waals surface area contributed by atoms with E-state index in [4.69, 9.17) is 4.74 Å². The molecule has 0 saturated heterocycles. The molecule has 0 fully saturated rings. The third-order valence-corrected chi connectivity index (χ3v) is 6.18. The van der Waals surface area contributed by atoms with Crippen LogP contribution >= 0.6 is 0 Å². The number of nitrogens with one attached hydrogen (secondary N) is 2. The molecule has 0 aromatic heterocycles. The average Bonchev–Trinajstić information content (AvgIpc) is 2.74. The van der Waals surface area contributed by atoms with Crippen LogP contribution < -0.4 is 10.6 Å². The minimum atomic E-state index is -0.856. The van der Waals surface area contributed by atoms with E-state index in [0.717, 1.165) is 24.0 Å². The topological polar surface area (TPSA) is 87.7 Å². The smallest absolute Gasteiger partial charge is 0.408 e. The second-order valence-corrected chi connectivity index (χ2v) is 11.1. The Morgan fingerprint density at radius 2 is 1.63 bits per heavy atom. The molecule has 0 heterocycles. The summed E-state index contributed by atoms with van der Waals surface area (Å²) in [5, 5.41) is 5.81. The summed E-state index contributed by atoms with van der Waals surface area (Å²) in [5.41, 5.74) is 0.347. The lowest BCUT2D eigenvalue weighted by atomic mass is 9.89. The number of unbranched alkanes of at least 4 members (excludes halogenated alkanes) is 1. The van der Waals surface area contributed by atoms with Crippen molar-refractivity contribution in [2.24, 2.45) is 5.92 Å². The Hall–Kier alpha value is -2.57. The van der Waals surface area contributed by atoms with Gasteiger partial charge in [-0.3, -0.25) is 9.59 Å². The molecule has 35 heavy (non-hydrogen) atoms. The van der Waals surface area contributed by atoms with Gasteiger partial charge in [-0.15, -0.1) is 0 Å². The normalized spacial score (nSPS) is 13.7. The highest BCUT2D eigenvalue weighted by Crippen LogP contribution is 2.34. The zero-order valence-corrected chi connectivity index (χ0v) is 23.5. The number of hydrogen-bond acceptors (Lipinski definition) is 4. The minimum absolute atomic E-state index is 0.217. The fourth-order valence-corrected chi connectivity index (χ4v) is 3.82. The Morgan fingerprint density at radius 3 is 2.11 bits per heavy atom. The lowest BCUT2D eigenvalue weighted by molar-refractivity contribution is -0.150. The van der Waals surface area contributed by atoms with Crippen LogP contribution in [0.2, 0.25) is 0 Å². The van der Waals surface area contributed by atoms with Gasteiger partial charge in [-0.05, 0) is 71.4 Å². The van der Waals surface area contributed by atoms with Crippen LogP contribution in [0.3, 0.4) is 0 Å². The molecule has 0 aliphatic rings. The molecule has 0 saturated carbocycles. The van der Waals surface area contributed by atoms with E-state index in [2.05, 4.69) is 17.6 Å². The fourth-order valence-electron chi connectivity index (χ4n) is 3.82. The number of ether oxygens (including phenoxy) is 1. The highest BCUT2D eigenvalue weighted by atomic mass is 16.6. The summed E-state index contributed by atoms with van der Waals surface area (Å²) in [6.07, 6.45) is 1.78. The largest absolute Gasteiger partial charge is 0.444 e. The van der Waals surface area contributed by atoms with Crippen LogP contribution in [0.5, 0.6) is 0 Å². The number of nitrogens with zero attached hydrogens (tertiary/aromatic N) is 1. The third-order valence-electron chi connectivity index (χ3n) is 6.18. The molecule has 1 aromatic carbocycles. The van der Waals surface area contributed by atoms with E-state index in [1.165, 1.54) is 0 Å². The van der Waals surface area contributed by atoms with Gasteiger partial charge in [0.25, 0.3) is 0 Å². The third kappa shape index (κ3) is 8.86. The van der Waals surface area contributed by atoms with Gasteiger partial charge < -0.3 is 20.3 Å². The Balaban J connectivity index is 3.59. The van der Waals surface area contributed by atoms with Crippen molar-refractivity contribution in [3.63, 3.8) is 0 Å². The van der Waals surface area contributed by atoms with E-state index in [-0.39, 0.29) is 17.7 Å². The van der Waals surface area contributed by atoms with E-state index >= 15 is 0 Å². The van der Waals surface area contributed by atoms with Crippen molar-refractivity contribution in [1.82, 2.24) is 15.5 Å². The fraction of sp³-hybridized carbons (Fsp3) is 0.679. The van der Waals surface area contributed by atoms with E-state index in [1.807, 2.05) is 65.8 Å². The summed E-state index contributed by atoms with van der Waals surface area (Å²) in [5.74, 6) is -0.746. The summed E-state index contributed by atoms with van der Waals surface area (Å²) < 4.78 is 5.44. The van der Waals surface area contributed by atoms with E-state index in [0.29, 0.717) is 13.0 Å². The van der Waals surface area contributed by atoms with Crippen LogP contribution in [0.15, 0.2) is 24.3 Å². The van der Waals surface area contributed by atoms with Gasteiger partial charge in [-0.1, -0.05) is 58.4 Å². The van der Waals surface area contributed by atoms with E-state index in [1.54, 1.807) is 25.7 Å². The Labute approximate surface area is 212 Å². The van der Waals surface area contributed by atoms with Crippen molar-refractivity contribution in [2.75, 3.05) is 6.54 Å². The molecule has 0 radical (unpaired) electrons. The molecule has 0 spiro atoms. The van der Waals surface area contributed by atoms with E-state index < -0.39 is 29.3 Å². The number of alkyl carbamates (subject to hydrolysis) is 1. The summed E-state index contributed by atoms with van der Waals surface area (Å²) in [6, 6.07) is 5.96. The van der Waals surface area contributed by atoms with Crippen molar-refractivity contribution in [2.45, 2.75) is 112 Å². The van der Waals surface area contributed by atoms with Crippen molar-refractivity contribution in [1.29, 1.82) is 0 Å². The van der Waals surface area contributed by atoms with E-state index in [9.17, 15) is 14.4 Å². The van der Waals surface area contributed by atoms with Crippen LogP contribution in [0.25, 0.3) is 0 Å². The lowest BCUT2D eigenvalue weighted by Gasteiger charge is -2.45. The minimum Gasteiger partial charge on any atom is -0.444 e. The Kier molecular flexibility index (Phi) is 11.3. The number of aryl methyl sites for hydroxylation is 1. The van der Waals surface area contributed by atoms with Gasteiger partial charge >= 0.3 is 6.09 Å². The zero-order chi connectivity index (χ0) is 27.0. The molecule has 0 aliphatic heterocycles. The molecule has 2 atom stereocenters. The monoisotopic (exact) mass is 489 g/mol. The molecule has 0 aliphatic carbocycles. The number of carbonyl (C=O) groups excluding carboxylic acids is 3. The highest BCUT2D eigenvalue weighted by molar-refractivity contribution is 5.93. The number of hydrogen-bond donors (Lipinski definition) is 2. The Bertz CT molecular complexity index is 858. The molecule has 0 bridgehead atoms. The van der Waals surface area contributed by atoms with Crippen LogP contribution in [0.4, 0.5) is 4.79 Å². The molecule has 7 nitrogen and oxygen atoms in total. The van der Waals surface area contributed by atoms with Crippen LogP contribution in [-0.2, 0) is 14.3 Å². The second kappa shape index (κ2) is 12.9. The quantitative estimate of drug-likeness (QED) is 0.401. The molecule has 198 valence electrons. The summed E-state index contributed by atoms with van der Waals surface area (Å²) in [7, 11) is 0. The van der Waals surface area contributed by atoms with Gasteiger partial charge in [0.15, 0.2) is 0 Å². The molecule has 2 unspecified atom stereocenters. The first-order valence-electron chi connectivity index (χ1n) is 12.8. The number of rotatable bonds is 11. The average molecular weight is 490 g/mol. The first kappa shape index (κ1) is 30.5. The van der Waals surface area contributed by atoms with Gasteiger partial charge in [-0.2, -0.15) is 0 Å². The van der Waals surface area contributed by atoms with Gasteiger partial charge in [0.1, 0.15) is 17.7 Å². The molecule has 1 aromatic rings. The molecular formula is C28H47N3O4. The summed E-state index contributed by atoms with van der Waals surface area (Å²) in [4.78, 5) is 42.2. The first-order chi connectivity index (χ1) is 16.2. The van der Waals surface area contributed by atoms with Crippen molar-refractivity contribution < 1.29 is 19.1 Å². The predicted octanol–water partition coefficient (Wildman–Crippen LogP) is 5.52. The molecule has 1 rings (SSSR count). The van der Waals surface area contributed by atoms with Gasteiger partial charge in [0, 0.05) is 12.1 Å². The summed E-state index contributed by atoms with van der Waals surface area (Å²) in [6.45, 7) is 19.5. The van der Waals surface area contributed by atoms with Crippen LogP contribution in [-0.4, -0.2) is 46.5 Å². The number of amides is 3. The molecule has 3 amide bonds. The van der Waals surface area contributed by atoms with Crippen molar-refractivity contribution >= 4 is 17.9 Å². The lowest BCUT2D eigenvalue weighted by Crippen LogP contribution is -2.60. The van der Waals surface area contributed by atoms with Crippen molar-refractivity contribution in [3.8, 4) is 0 Å². The predicted molar refractivity (Wildman–Crippen MR) is 141 cm³/mol. The summed E-state index contributed by atoms with van der Waals surface area (Å²) >= 11 is 0. The van der Waals surface area contributed by atoms with Crippen molar-refractivity contribution in [3.05, 3.63) is 35.4 Å². The molecule has 7 heteroatoms. The maximum Gasteiger partial charge on any atom is 0.408 e. The van der Waals surface area contributed by atoms with Gasteiger partial charge in [-0.25, -0.2) is 4.79 Å². The van der Waals surface area contributed by atoms with Gasteiger partial charge in [0.05, 0.1) is 0 Å². The molecular weight excluding hydrogens is 442 g/mol. The highest BCUT2D eigenvalue weighted by Gasteiger charge is 2.44. The number of benzene rings is 1. The van der Waals surface area contributed by atoms with Crippen LogP contribution in [0, 0.1) is 12.8 Å². The van der Waals surface area contributed by atoms with Gasteiger partial charge in [0.2, 0.25) is 11.8 Å².